The first-order chi connectivity index (χ1) is 10.1. The van der Waals surface area contributed by atoms with Gasteiger partial charge in [-0.1, -0.05) is 18.2 Å². The van der Waals surface area contributed by atoms with Gasteiger partial charge in [-0.25, -0.2) is 4.98 Å². The van der Waals surface area contributed by atoms with E-state index in [9.17, 15) is 0 Å². The maximum absolute atomic E-state index is 4.72. The number of aromatic nitrogens is 3. The largest absolute Gasteiger partial charge is 0.330 e. The molecule has 0 fully saturated rings. The van der Waals surface area contributed by atoms with Gasteiger partial charge in [0.05, 0.1) is 22.8 Å². The van der Waals surface area contributed by atoms with Crippen LogP contribution >= 0.6 is 0 Å². The summed E-state index contributed by atoms with van der Waals surface area (Å²) < 4.78 is 2.15. The predicted octanol–water partition coefficient (Wildman–Crippen LogP) is 3.13. The normalized spacial score (nSPS) is 12.7. The quantitative estimate of drug-likeness (QED) is 0.798. The standard InChI is InChI=1S/C17H20N4/c1-12-7-6-8-14(19-12)11-18-13(2)17-20-15-9-4-5-10-16(15)21(17)3/h4-10,13,18H,11H2,1-3H3. The Bertz CT molecular complexity index is 760. The SMILES string of the molecule is Cc1cccc(CNC(C)c2nc3ccccc3n2C)n1. The molecule has 2 heterocycles. The summed E-state index contributed by atoms with van der Waals surface area (Å²) in [5.74, 6) is 1.05. The van der Waals surface area contributed by atoms with Gasteiger partial charge >= 0.3 is 0 Å². The van der Waals surface area contributed by atoms with Crippen LogP contribution in [-0.2, 0) is 13.6 Å². The molecule has 0 saturated carbocycles. The number of rotatable bonds is 4. The second-order valence-corrected chi connectivity index (χ2v) is 5.39. The molecule has 0 aliphatic rings. The number of aryl methyl sites for hydroxylation is 2. The monoisotopic (exact) mass is 280 g/mol. The molecule has 21 heavy (non-hydrogen) atoms. The number of pyridine rings is 1. The first-order valence-electron chi connectivity index (χ1n) is 7.22. The van der Waals surface area contributed by atoms with E-state index in [1.807, 2.05) is 43.3 Å². The first-order valence-corrected chi connectivity index (χ1v) is 7.22. The summed E-state index contributed by atoms with van der Waals surface area (Å²) >= 11 is 0. The topological polar surface area (TPSA) is 42.7 Å². The van der Waals surface area contributed by atoms with E-state index in [0.717, 1.165) is 34.8 Å². The fraction of sp³-hybridized carbons (Fsp3) is 0.294. The fourth-order valence-corrected chi connectivity index (χ4v) is 2.60. The molecule has 1 N–H and O–H groups in total. The van der Waals surface area contributed by atoms with E-state index in [2.05, 4.69) is 34.9 Å². The van der Waals surface area contributed by atoms with Crippen LogP contribution in [0.2, 0.25) is 0 Å². The molecular formula is C17H20N4. The molecule has 0 amide bonds. The number of nitrogens with one attached hydrogen (secondary N) is 1. The molecule has 0 aliphatic heterocycles. The number of imidazole rings is 1. The van der Waals surface area contributed by atoms with Crippen molar-refractivity contribution in [3.63, 3.8) is 0 Å². The van der Waals surface area contributed by atoms with Crippen LogP contribution in [0.1, 0.15) is 30.2 Å². The van der Waals surface area contributed by atoms with Crippen LogP contribution in [0.5, 0.6) is 0 Å². The Morgan fingerprint density at radius 1 is 1.10 bits per heavy atom. The van der Waals surface area contributed by atoms with E-state index in [1.54, 1.807) is 0 Å². The van der Waals surface area contributed by atoms with Crippen molar-refractivity contribution in [1.82, 2.24) is 19.9 Å². The summed E-state index contributed by atoms with van der Waals surface area (Å²) in [5.41, 5.74) is 4.30. The van der Waals surface area contributed by atoms with E-state index in [-0.39, 0.29) is 6.04 Å². The third-order valence-electron chi connectivity index (χ3n) is 3.74. The minimum Gasteiger partial charge on any atom is -0.330 e. The van der Waals surface area contributed by atoms with Crippen LogP contribution in [0, 0.1) is 6.92 Å². The summed E-state index contributed by atoms with van der Waals surface area (Å²) in [5, 5.41) is 3.50. The van der Waals surface area contributed by atoms with Gasteiger partial charge in [0.2, 0.25) is 0 Å². The van der Waals surface area contributed by atoms with E-state index in [0.29, 0.717) is 0 Å². The van der Waals surface area contributed by atoms with Crippen LogP contribution in [0.4, 0.5) is 0 Å². The highest BCUT2D eigenvalue weighted by molar-refractivity contribution is 5.75. The number of benzene rings is 1. The van der Waals surface area contributed by atoms with Crippen LogP contribution in [0.25, 0.3) is 11.0 Å². The van der Waals surface area contributed by atoms with Crippen LogP contribution in [0.3, 0.4) is 0 Å². The van der Waals surface area contributed by atoms with Gasteiger partial charge in [0.25, 0.3) is 0 Å². The number of hydrogen-bond acceptors (Lipinski definition) is 3. The number of para-hydroxylation sites is 2. The Hall–Kier alpha value is -2.20. The Kier molecular flexibility index (Phi) is 3.71. The first kappa shape index (κ1) is 13.8. The highest BCUT2D eigenvalue weighted by Gasteiger charge is 2.13. The van der Waals surface area contributed by atoms with Gasteiger partial charge in [0.15, 0.2) is 0 Å². The fourth-order valence-electron chi connectivity index (χ4n) is 2.60. The minimum atomic E-state index is 0.171. The summed E-state index contributed by atoms with van der Waals surface area (Å²) in [6, 6.07) is 14.5. The lowest BCUT2D eigenvalue weighted by atomic mass is 10.2. The third kappa shape index (κ3) is 2.81. The van der Waals surface area contributed by atoms with Crippen molar-refractivity contribution < 1.29 is 0 Å². The molecule has 0 radical (unpaired) electrons. The van der Waals surface area contributed by atoms with Crippen LogP contribution in [-0.4, -0.2) is 14.5 Å². The summed E-state index contributed by atoms with van der Waals surface area (Å²) in [7, 11) is 2.06. The van der Waals surface area contributed by atoms with Crippen LogP contribution < -0.4 is 5.32 Å². The maximum Gasteiger partial charge on any atom is 0.126 e. The van der Waals surface area contributed by atoms with Crippen molar-refractivity contribution >= 4 is 11.0 Å². The molecule has 0 bridgehead atoms. The Labute approximate surface area is 124 Å². The lowest BCUT2D eigenvalue weighted by Crippen LogP contribution is -2.21. The number of fused-ring (bicyclic) bond motifs is 1. The molecule has 1 unspecified atom stereocenters. The zero-order chi connectivity index (χ0) is 14.8. The van der Waals surface area contributed by atoms with Gasteiger partial charge in [0.1, 0.15) is 5.82 Å². The second kappa shape index (κ2) is 5.66. The molecule has 2 aromatic heterocycles. The lowest BCUT2D eigenvalue weighted by Gasteiger charge is -2.13. The molecule has 4 nitrogen and oxygen atoms in total. The van der Waals surface area contributed by atoms with Gasteiger partial charge in [0, 0.05) is 19.3 Å². The van der Waals surface area contributed by atoms with Crippen molar-refractivity contribution in [2.75, 3.05) is 0 Å². The smallest absolute Gasteiger partial charge is 0.126 e. The molecule has 0 aliphatic carbocycles. The van der Waals surface area contributed by atoms with Gasteiger partial charge in [-0.3, -0.25) is 4.98 Å². The zero-order valence-corrected chi connectivity index (χ0v) is 12.7. The molecular weight excluding hydrogens is 260 g/mol. The van der Waals surface area contributed by atoms with Crippen molar-refractivity contribution in [2.45, 2.75) is 26.4 Å². The molecule has 3 rings (SSSR count). The van der Waals surface area contributed by atoms with Crippen molar-refractivity contribution in [1.29, 1.82) is 0 Å². The molecule has 1 atom stereocenters. The van der Waals surface area contributed by atoms with Gasteiger partial charge in [-0.15, -0.1) is 0 Å². The Balaban J connectivity index is 1.78. The molecule has 3 aromatic rings. The highest BCUT2D eigenvalue weighted by atomic mass is 15.1. The molecule has 0 spiro atoms. The summed E-state index contributed by atoms with van der Waals surface area (Å²) in [6.07, 6.45) is 0. The highest BCUT2D eigenvalue weighted by Crippen LogP contribution is 2.19. The Morgan fingerprint density at radius 3 is 2.67 bits per heavy atom. The number of nitrogens with zero attached hydrogens (tertiary/aromatic N) is 3. The summed E-state index contributed by atoms with van der Waals surface area (Å²) in [4.78, 5) is 9.24. The average Bonchev–Trinajstić information content (AvgIpc) is 2.83. The minimum absolute atomic E-state index is 0.171. The summed E-state index contributed by atoms with van der Waals surface area (Å²) in [6.45, 7) is 4.89. The van der Waals surface area contributed by atoms with Crippen molar-refractivity contribution in [3.8, 4) is 0 Å². The van der Waals surface area contributed by atoms with Crippen molar-refractivity contribution in [2.24, 2.45) is 7.05 Å². The van der Waals surface area contributed by atoms with E-state index in [1.165, 1.54) is 0 Å². The predicted molar refractivity (Wildman–Crippen MR) is 84.9 cm³/mol. The molecule has 4 heteroatoms. The average molecular weight is 280 g/mol. The molecule has 1 aromatic carbocycles. The third-order valence-corrected chi connectivity index (χ3v) is 3.74. The molecule has 108 valence electrons. The van der Waals surface area contributed by atoms with Gasteiger partial charge < -0.3 is 9.88 Å². The molecule has 0 saturated heterocycles. The van der Waals surface area contributed by atoms with Gasteiger partial charge in [-0.2, -0.15) is 0 Å². The number of hydrogen-bond donors (Lipinski definition) is 1. The Morgan fingerprint density at radius 2 is 1.90 bits per heavy atom. The second-order valence-electron chi connectivity index (χ2n) is 5.39. The maximum atomic E-state index is 4.72. The van der Waals surface area contributed by atoms with Crippen molar-refractivity contribution in [3.05, 3.63) is 59.7 Å². The van der Waals surface area contributed by atoms with E-state index >= 15 is 0 Å². The van der Waals surface area contributed by atoms with Gasteiger partial charge in [-0.05, 0) is 38.1 Å². The van der Waals surface area contributed by atoms with E-state index in [4.69, 9.17) is 4.98 Å². The lowest BCUT2D eigenvalue weighted by molar-refractivity contribution is 0.527. The van der Waals surface area contributed by atoms with E-state index < -0.39 is 0 Å². The van der Waals surface area contributed by atoms with Crippen LogP contribution in [0.15, 0.2) is 42.5 Å². The zero-order valence-electron chi connectivity index (χ0n) is 12.7.